The number of rotatable bonds is 12. The minimum Gasteiger partial charge on any atom is -0.480 e. The van der Waals surface area contributed by atoms with Crippen molar-refractivity contribution in [1.82, 2.24) is 10.7 Å². The van der Waals surface area contributed by atoms with E-state index < -0.39 is 12.0 Å². The molecule has 1 amide bonds. The minimum absolute atomic E-state index is 0.0153. The maximum absolute atomic E-state index is 11.5. The molecular formula is C12H25N5O6. The fourth-order valence-electron chi connectivity index (χ4n) is 1.59. The first-order valence-electron chi connectivity index (χ1n) is 7.22. The Morgan fingerprint density at radius 1 is 1.22 bits per heavy atom. The van der Waals surface area contributed by atoms with Crippen molar-refractivity contribution in [3.05, 3.63) is 0 Å². The van der Waals surface area contributed by atoms with Gasteiger partial charge in [0, 0.05) is 13.0 Å². The number of nitrogens with zero attached hydrogens (tertiary/aromatic N) is 2. The van der Waals surface area contributed by atoms with Gasteiger partial charge in [-0.05, 0) is 25.7 Å². The van der Waals surface area contributed by atoms with Crippen LogP contribution in [0.5, 0.6) is 0 Å². The highest BCUT2D eigenvalue weighted by Gasteiger charge is 2.10. The van der Waals surface area contributed by atoms with Gasteiger partial charge in [-0.2, -0.15) is 0 Å². The zero-order chi connectivity index (χ0) is 17.7. The quantitative estimate of drug-likeness (QED) is 0.115. The zero-order valence-corrected chi connectivity index (χ0v) is 12.8. The number of nitrogens with one attached hydrogen (secondary N) is 1. The maximum Gasteiger partial charge on any atom is 0.320 e. The molecule has 23 heavy (non-hydrogen) atoms. The van der Waals surface area contributed by atoms with Crippen LogP contribution in [0.1, 0.15) is 38.5 Å². The van der Waals surface area contributed by atoms with Crippen LogP contribution in [0.25, 0.3) is 0 Å². The summed E-state index contributed by atoms with van der Waals surface area (Å²) in [5.41, 5.74) is 10.9. The predicted molar refractivity (Wildman–Crippen MR) is 79.3 cm³/mol. The molecule has 11 nitrogen and oxygen atoms in total. The van der Waals surface area contributed by atoms with Crippen LogP contribution < -0.4 is 16.8 Å². The smallest absolute Gasteiger partial charge is 0.320 e. The molecular weight excluding hydrogens is 310 g/mol. The van der Waals surface area contributed by atoms with Gasteiger partial charge in [-0.15, -0.1) is 0 Å². The van der Waals surface area contributed by atoms with E-state index in [-0.39, 0.29) is 43.2 Å². The third-order valence-electron chi connectivity index (χ3n) is 2.80. The number of hydrogen-bond donors (Lipinski definition) is 6. The summed E-state index contributed by atoms with van der Waals surface area (Å²) in [7, 11) is 0. The molecule has 8 N–H and O–H groups in total. The molecule has 0 saturated heterocycles. The van der Waals surface area contributed by atoms with Crippen LogP contribution in [0.3, 0.4) is 0 Å². The summed E-state index contributed by atoms with van der Waals surface area (Å²) in [6.07, 6.45) is 2.82. The molecule has 11 heteroatoms. The van der Waals surface area contributed by atoms with Crippen molar-refractivity contribution in [3.8, 4) is 0 Å². The molecule has 0 fully saturated rings. The monoisotopic (exact) mass is 335 g/mol. The van der Waals surface area contributed by atoms with Crippen LogP contribution in [0.15, 0.2) is 4.99 Å². The maximum atomic E-state index is 11.5. The lowest BCUT2D eigenvalue weighted by atomic mass is 10.2. The lowest BCUT2D eigenvalue weighted by Crippen LogP contribution is -2.37. The van der Waals surface area contributed by atoms with Crippen molar-refractivity contribution in [2.75, 3.05) is 13.2 Å². The van der Waals surface area contributed by atoms with E-state index in [1.807, 2.05) is 0 Å². The molecule has 0 aliphatic heterocycles. The summed E-state index contributed by atoms with van der Waals surface area (Å²) in [5, 5.41) is 27.2. The van der Waals surface area contributed by atoms with Gasteiger partial charge in [0.05, 0.1) is 12.0 Å². The second-order valence-electron chi connectivity index (χ2n) is 4.80. The van der Waals surface area contributed by atoms with Crippen molar-refractivity contribution < 1.29 is 29.9 Å². The number of carboxylic acids is 1. The molecule has 0 heterocycles. The molecule has 0 aromatic carbocycles. The molecule has 1 atom stereocenters. The lowest BCUT2D eigenvalue weighted by molar-refractivity contribution is -0.492. The van der Waals surface area contributed by atoms with Crippen molar-refractivity contribution in [2.45, 2.75) is 44.6 Å². The molecule has 0 saturated carbocycles. The number of unbranched alkanes of at least 4 members (excludes halogenated alkanes) is 2. The summed E-state index contributed by atoms with van der Waals surface area (Å²) in [5.74, 6) is -1.36. The van der Waals surface area contributed by atoms with Crippen molar-refractivity contribution in [3.63, 3.8) is 0 Å². The Bertz CT molecular complexity index is 390. The predicted octanol–water partition coefficient (Wildman–Crippen LogP) is -0.818. The first kappa shape index (κ1) is 21.2. The zero-order valence-electron chi connectivity index (χ0n) is 12.8. The summed E-state index contributed by atoms with van der Waals surface area (Å²) in [6.45, 7) is 0.417. The second kappa shape index (κ2) is 12.7. The van der Waals surface area contributed by atoms with Gasteiger partial charge < -0.3 is 16.6 Å². The Hall–Kier alpha value is -1.79. The molecule has 0 aromatic heterocycles. The largest absolute Gasteiger partial charge is 0.480 e. The van der Waals surface area contributed by atoms with Crippen molar-refractivity contribution >= 4 is 17.8 Å². The average Bonchev–Trinajstić information content (AvgIpc) is 2.46. The molecule has 134 valence electrons. The molecule has 0 aliphatic carbocycles. The highest BCUT2D eigenvalue weighted by molar-refractivity contribution is 5.96. The topological polar surface area (TPSA) is 184 Å². The van der Waals surface area contributed by atoms with Gasteiger partial charge in [0.25, 0.3) is 0 Å². The van der Waals surface area contributed by atoms with E-state index >= 15 is 0 Å². The Labute approximate surface area is 133 Å². The number of carbonyl (C=O) groups is 2. The van der Waals surface area contributed by atoms with E-state index in [9.17, 15) is 9.59 Å². The molecule has 0 radical (unpaired) electrons. The Morgan fingerprint density at radius 3 is 2.52 bits per heavy atom. The highest BCUT2D eigenvalue weighted by Crippen LogP contribution is 2.00. The summed E-state index contributed by atoms with van der Waals surface area (Å²) in [6, 6.07) is -0.922. The Balaban J connectivity index is 3.68. The van der Waals surface area contributed by atoms with Crippen molar-refractivity contribution in [1.29, 1.82) is 0 Å². The van der Waals surface area contributed by atoms with E-state index in [1.165, 1.54) is 0 Å². The second-order valence-corrected chi connectivity index (χ2v) is 4.80. The van der Waals surface area contributed by atoms with Gasteiger partial charge in [0.1, 0.15) is 6.04 Å². The van der Waals surface area contributed by atoms with Crippen LogP contribution in [0.2, 0.25) is 0 Å². The van der Waals surface area contributed by atoms with E-state index in [0.717, 1.165) is 0 Å². The van der Waals surface area contributed by atoms with Crippen LogP contribution in [-0.2, 0) is 14.4 Å². The number of carbonyl (C=O) groups excluding carboxylic acids is 1. The fraction of sp³-hybridized carbons (Fsp3) is 0.750. The Kier molecular flexibility index (Phi) is 11.7. The van der Waals surface area contributed by atoms with Gasteiger partial charge >= 0.3 is 5.97 Å². The lowest BCUT2D eigenvalue weighted by Gasteiger charge is -2.07. The summed E-state index contributed by atoms with van der Waals surface area (Å²) < 4.78 is 0. The number of aliphatic carboxylic acids is 1. The number of guanidine groups is 1. The number of nitrogens with two attached hydrogens (primary N) is 2. The molecule has 0 bridgehead atoms. The summed E-state index contributed by atoms with van der Waals surface area (Å²) >= 11 is 0. The minimum atomic E-state index is -1.06. The SMILES string of the molecule is NC(=NCCCC(N)C(=O)O)NC(=O)CCCCCON(O)O. The van der Waals surface area contributed by atoms with E-state index in [1.54, 1.807) is 0 Å². The van der Waals surface area contributed by atoms with Crippen molar-refractivity contribution in [2.24, 2.45) is 16.5 Å². The first-order chi connectivity index (χ1) is 10.8. The number of amides is 1. The van der Waals surface area contributed by atoms with Crippen LogP contribution in [-0.4, -0.2) is 57.9 Å². The van der Waals surface area contributed by atoms with Gasteiger partial charge in [0.15, 0.2) is 5.96 Å². The average molecular weight is 335 g/mol. The molecule has 0 aliphatic rings. The normalized spacial score (nSPS) is 13.1. The fourth-order valence-corrected chi connectivity index (χ4v) is 1.59. The number of aliphatic imine (C=N–C) groups is 1. The molecule has 0 rings (SSSR count). The standard InChI is InChI=1S/C12H25N5O6/c13-9(11(19)20)5-4-7-15-12(14)16-10(18)6-2-1-3-8-23-17(21)22/h9,21-22H,1-8,13H2,(H,19,20)(H3,14,15,16,18). The number of hydrogen-bond acceptors (Lipinski definition) is 8. The number of carboxylic acid groups (broad SMARTS) is 1. The van der Waals surface area contributed by atoms with Gasteiger partial charge in [-0.25, -0.2) is 0 Å². The van der Waals surface area contributed by atoms with E-state index in [0.29, 0.717) is 25.7 Å². The summed E-state index contributed by atoms with van der Waals surface area (Å²) in [4.78, 5) is 30.3. The van der Waals surface area contributed by atoms with Gasteiger partial charge in [-0.1, -0.05) is 6.42 Å². The van der Waals surface area contributed by atoms with Crippen LogP contribution >= 0.6 is 0 Å². The molecule has 1 unspecified atom stereocenters. The van der Waals surface area contributed by atoms with Crippen LogP contribution in [0, 0.1) is 0 Å². The highest BCUT2D eigenvalue weighted by atomic mass is 17.1. The van der Waals surface area contributed by atoms with E-state index in [4.69, 9.17) is 27.0 Å². The molecule has 0 aromatic rings. The first-order valence-corrected chi connectivity index (χ1v) is 7.22. The Morgan fingerprint density at radius 2 is 1.91 bits per heavy atom. The third-order valence-corrected chi connectivity index (χ3v) is 2.80. The van der Waals surface area contributed by atoms with E-state index in [2.05, 4.69) is 15.1 Å². The van der Waals surface area contributed by atoms with Gasteiger partial charge in [0.2, 0.25) is 5.91 Å². The van der Waals surface area contributed by atoms with Gasteiger partial charge in [-0.3, -0.25) is 35.2 Å². The molecule has 0 spiro atoms. The van der Waals surface area contributed by atoms with Crippen LogP contribution in [0.4, 0.5) is 0 Å². The third kappa shape index (κ3) is 13.6.